The van der Waals surface area contributed by atoms with Crippen LogP contribution in [0.4, 0.5) is 24.3 Å². The number of fused-ring (bicyclic) bond motifs is 3. The van der Waals surface area contributed by atoms with Gasteiger partial charge in [0.1, 0.15) is 16.6 Å². The van der Waals surface area contributed by atoms with Crippen LogP contribution in [-0.4, -0.2) is 84.2 Å². The number of ether oxygens (including phenoxy) is 1. The fourth-order valence-electron chi connectivity index (χ4n) is 8.44. The molecule has 2 atom stereocenters. The summed E-state index contributed by atoms with van der Waals surface area (Å²) in [6.07, 6.45) is 7.30. The van der Waals surface area contributed by atoms with E-state index in [-0.39, 0.29) is 47.3 Å². The number of aromatic carboxylic acids is 1. The number of nitrogens with one attached hydrogen (secondary N) is 3. The van der Waals surface area contributed by atoms with Crippen molar-refractivity contribution in [2.75, 3.05) is 44.0 Å². The number of carboxylic acid groups (broad SMARTS) is 1. The van der Waals surface area contributed by atoms with Gasteiger partial charge in [-0.05, 0) is 117 Å². The van der Waals surface area contributed by atoms with Crippen LogP contribution in [-0.2, 0) is 37.0 Å². The minimum Gasteiger partial charge on any atom is -0.478 e. The van der Waals surface area contributed by atoms with Crippen LogP contribution in [0.5, 0.6) is 0 Å². The fourth-order valence-corrected chi connectivity index (χ4v) is 9.72. The van der Waals surface area contributed by atoms with Gasteiger partial charge < -0.3 is 30.7 Å². The van der Waals surface area contributed by atoms with Gasteiger partial charge in [0.2, 0.25) is 0 Å². The minimum atomic E-state index is -1.05. The van der Waals surface area contributed by atoms with E-state index in [4.69, 9.17) is 9.84 Å². The number of unbranched alkanes of at least 4 members (excludes halogenated alkanes) is 1. The second-order valence-corrected chi connectivity index (χ2v) is 16.5. The zero-order valence-corrected chi connectivity index (χ0v) is 33.4. The highest BCUT2D eigenvalue weighted by Gasteiger charge is 2.42. The van der Waals surface area contributed by atoms with E-state index in [9.17, 15) is 19.2 Å². The van der Waals surface area contributed by atoms with Crippen LogP contribution >= 0.6 is 11.3 Å². The van der Waals surface area contributed by atoms with Crippen LogP contribution in [0.25, 0.3) is 0 Å². The summed E-state index contributed by atoms with van der Waals surface area (Å²) < 4.78 is 35.7. The number of carboxylic acids is 1. The lowest BCUT2D eigenvalue weighted by atomic mass is 9.95. The highest BCUT2D eigenvalue weighted by atomic mass is 32.1. The Morgan fingerprint density at radius 2 is 1.57 bits per heavy atom. The molecule has 4 aromatic rings. The van der Waals surface area contributed by atoms with Gasteiger partial charge in [-0.3, -0.25) is 14.5 Å². The summed E-state index contributed by atoms with van der Waals surface area (Å²) >= 11 is 1.37. The molecule has 2 fully saturated rings. The number of piperazine rings is 1. The third-order valence-corrected chi connectivity index (χ3v) is 12.5. The van der Waals surface area contributed by atoms with Gasteiger partial charge in [-0.25, -0.2) is 18.4 Å². The molecular formula is C44H49F2N5O6S. The molecule has 0 spiro atoms. The quantitative estimate of drug-likeness (QED) is 0.0904. The molecule has 2 saturated heterocycles. The summed E-state index contributed by atoms with van der Waals surface area (Å²) in [6, 6.07) is 16.0. The largest absolute Gasteiger partial charge is 0.478 e. The molecule has 7 rings (SSSR count). The number of urea groups is 1. The first-order chi connectivity index (χ1) is 28.1. The van der Waals surface area contributed by atoms with Crippen molar-refractivity contribution >= 4 is 45.8 Å². The molecule has 1 aliphatic carbocycles. The molecule has 58 heavy (non-hydrogen) atoms. The van der Waals surface area contributed by atoms with E-state index in [1.807, 2.05) is 23.1 Å². The Bertz CT molecular complexity index is 2120. The van der Waals surface area contributed by atoms with Gasteiger partial charge >= 0.3 is 12.0 Å². The maximum atomic E-state index is 15.3. The third kappa shape index (κ3) is 9.57. The summed E-state index contributed by atoms with van der Waals surface area (Å²) in [5.74, 6) is -3.57. The Labute approximate surface area is 340 Å². The lowest BCUT2D eigenvalue weighted by Gasteiger charge is -2.41. The average molecular weight is 814 g/mol. The molecule has 0 saturated carbocycles. The Morgan fingerprint density at radius 3 is 2.28 bits per heavy atom. The smallest absolute Gasteiger partial charge is 0.335 e. The van der Waals surface area contributed by atoms with Crippen molar-refractivity contribution in [3.05, 3.63) is 116 Å². The highest BCUT2D eigenvalue weighted by Crippen LogP contribution is 2.39. The zero-order valence-electron chi connectivity index (χ0n) is 32.6. The molecule has 4 N–H and O–H groups in total. The Kier molecular flexibility index (Phi) is 13.1. The second-order valence-electron chi connectivity index (χ2n) is 15.4. The number of carbonyl (C=O) groups excluding carboxylic acids is 3. The zero-order chi connectivity index (χ0) is 40.8. The number of hydrogen-bond acceptors (Lipinski definition) is 7. The summed E-state index contributed by atoms with van der Waals surface area (Å²) in [5.41, 5.74) is 3.26. The summed E-state index contributed by atoms with van der Waals surface area (Å²) in [6.45, 7) is 3.45. The van der Waals surface area contributed by atoms with Gasteiger partial charge in [-0.2, -0.15) is 0 Å². The highest BCUT2D eigenvalue weighted by molar-refractivity contribution is 7.17. The van der Waals surface area contributed by atoms with Crippen molar-refractivity contribution < 1.29 is 37.8 Å². The number of thiophene rings is 1. The first-order valence-corrected chi connectivity index (χ1v) is 20.8. The van der Waals surface area contributed by atoms with E-state index < -0.39 is 23.5 Å². The van der Waals surface area contributed by atoms with Crippen molar-refractivity contribution in [2.45, 2.75) is 82.8 Å². The summed E-state index contributed by atoms with van der Waals surface area (Å²) in [5, 5.41) is 18.3. The molecule has 2 aliphatic heterocycles. The summed E-state index contributed by atoms with van der Waals surface area (Å²) in [7, 11) is 1.68. The number of anilines is 2. The van der Waals surface area contributed by atoms with Gasteiger partial charge in [0.25, 0.3) is 11.8 Å². The van der Waals surface area contributed by atoms with Crippen molar-refractivity contribution in [3.8, 4) is 0 Å². The van der Waals surface area contributed by atoms with Gasteiger partial charge in [0.15, 0.2) is 0 Å². The Morgan fingerprint density at radius 1 is 0.845 bits per heavy atom. The minimum absolute atomic E-state index is 0.000405. The first kappa shape index (κ1) is 41.0. The number of benzene rings is 3. The molecule has 0 radical (unpaired) electrons. The van der Waals surface area contributed by atoms with Crippen molar-refractivity contribution in [2.24, 2.45) is 0 Å². The van der Waals surface area contributed by atoms with Crippen LogP contribution in [0.2, 0.25) is 0 Å². The number of methoxy groups -OCH3 is 1. The number of halogens is 2. The van der Waals surface area contributed by atoms with E-state index in [1.165, 1.54) is 23.5 Å². The van der Waals surface area contributed by atoms with Gasteiger partial charge in [-0.15, -0.1) is 11.3 Å². The van der Waals surface area contributed by atoms with Crippen molar-refractivity contribution in [1.82, 2.24) is 15.1 Å². The van der Waals surface area contributed by atoms with E-state index in [0.29, 0.717) is 48.7 Å². The number of hydrogen-bond donors (Lipinski definition) is 4. The molecule has 3 aromatic carbocycles. The molecule has 1 aromatic heterocycles. The van der Waals surface area contributed by atoms with Gasteiger partial charge in [-0.1, -0.05) is 24.3 Å². The molecule has 3 heterocycles. The number of aryl methyl sites for hydroxylation is 2. The van der Waals surface area contributed by atoms with Crippen LogP contribution in [0.3, 0.4) is 0 Å². The predicted molar refractivity (Wildman–Crippen MR) is 219 cm³/mol. The van der Waals surface area contributed by atoms with E-state index >= 15 is 8.78 Å². The number of amides is 4. The van der Waals surface area contributed by atoms with Crippen LogP contribution in [0.15, 0.2) is 60.7 Å². The van der Waals surface area contributed by atoms with E-state index in [0.717, 1.165) is 91.7 Å². The maximum absolute atomic E-state index is 15.3. The Hall–Kier alpha value is -5.18. The predicted octanol–water partition coefficient (Wildman–Crippen LogP) is 7.68. The lowest BCUT2D eigenvalue weighted by molar-refractivity contribution is 0.0696. The first-order valence-electron chi connectivity index (χ1n) is 20.0. The number of nitrogens with zero attached hydrogens (tertiary/aromatic N) is 2. The molecule has 3 aliphatic rings. The lowest BCUT2D eigenvalue weighted by Crippen LogP contribution is -2.57. The van der Waals surface area contributed by atoms with Crippen molar-refractivity contribution in [3.63, 3.8) is 0 Å². The maximum Gasteiger partial charge on any atom is 0.335 e. The van der Waals surface area contributed by atoms with Gasteiger partial charge in [0.05, 0.1) is 11.1 Å². The normalized spacial score (nSPS) is 17.5. The molecule has 2 bridgehead atoms. The number of carbonyl (C=O) groups is 4. The number of rotatable bonds is 15. The molecule has 14 heteroatoms. The molecule has 306 valence electrons. The molecule has 11 nitrogen and oxygen atoms in total. The SMILES string of the molecule is COCCCCNC(=O)N1C2CCC1CN(Cc1cccc(C(=O)Nc3sc4c(c3C(=O)Nc3cc(F)c(CCc5ccc(C(=O)O)cc5)c(F)c3)CCCC4)c1)C2. The number of likely N-dealkylation sites (tertiary alicyclic amines) is 1. The molecule has 2 unspecified atom stereocenters. The van der Waals surface area contributed by atoms with E-state index in [2.05, 4.69) is 20.9 Å². The Balaban J connectivity index is 0.990. The van der Waals surface area contributed by atoms with Crippen LogP contribution < -0.4 is 16.0 Å². The average Bonchev–Trinajstić information content (AvgIpc) is 3.71. The fraction of sp³-hybridized carbons (Fsp3) is 0.409. The topological polar surface area (TPSA) is 140 Å². The molecular weight excluding hydrogens is 765 g/mol. The standard InChI is InChI=1S/C44H49F2N5O6S/c1-57-20-5-4-19-47-44(56)51-32-16-17-33(51)26-50(25-32)24-28-7-6-8-30(21-28)40(52)49-42-39(35-9-2-3-10-38(35)58-42)41(53)48-31-22-36(45)34(37(46)23-31)18-13-27-11-14-29(15-12-27)43(54)55/h6-8,11-12,14-15,21-23,32-33H,2-5,9-10,13,16-20,24-26H2,1H3,(H,47,56)(H,48,53)(H,49,52)(H,54,55). The summed E-state index contributed by atoms with van der Waals surface area (Å²) in [4.78, 5) is 57.2. The van der Waals surface area contributed by atoms with E-state index in [1.54, 1.807) is 25.3 Å². The second kappa shape index (κ2) is 18.6. The van der Waals surface area contributed by atoms with Crippen LogP contribution in [0, 0.1) is 11.6 Å². The van der Waals surface area contributed by atoms with Gasteiger partial charge in [0, 0.05) is 73.7 Å². The third-order valence-electron chi connectivity index (χ3n) is 11.3. The van der Waals surface area contributed by atoms with Crippen LogP contribution in [0.1, 0.15) is 96.7 Å². The monoisotopic (exact) mass is 813 g/mol. The van der Waals surface area contributed by atoms with Crippen molar-refractivity contribution in [1.29, 1.82) is 0 Å². The molecule has 4 amide bonds.